The molecule has 1 N–H and O–H groups in total. The number of benzene rings is 1. The number of halogens is 1. The van der Waals surface area contributed by atoms with E-state index in [0.717, 1.165) is 12.8 Å². The van der Waals surface area contributed by atoms with Crippen molar-refractivity contribution in [2.24, 2.45) is 0 Å². The monoisotopic (exact) mass is 340 g/mol. The van der Waals surface area contributed by atoms with Crippen LogP contribution in [0.1, 0.15) is 53.4 Å². The van der Waals surface area contributed by atoms with Gasteiger partial charge in [-0.3, -0.25) is 5.32 Å². The molecule has 1 aromatic rings. The van der Waals surface area contributed by atoms with E-state index in [9.17, 15) is 4.79 Å². The third kappa shape index (κ3) is 8.12. The molecular formula is C18H27ClNO3. The van der Waals surface area contributed by atoms with E-state index in [-0.39, 0.29) is 12.2 Å². The summed E-state index contributed by atoms with van der Waals surface area (Å²) in [6.07, 6.45) is 5.78. The molecule has 0 aliphatic carbocycles. The standard InChI is InChI=1S/C18H27ClNO3/c1-5-6-7-8-9-14(4)23-18(21)20-15-10-11-16(19)17(12-15)22-13(2)3/h9-14H,5-8H2,1-4H3,(H,20,21). The number of hydrogen-bond acceptors (Lipinski definition) is 3. The highest BCUT2D eigenvalue weighted by Gasteiger charge is 2.11. The molecule has 1 atom stereocenters. The van der Waals surface area contributed by atoms with Gasteiger partial charge in [0, 0.05) is 18.2 Å². The van der Waals surface area contributed by atoms with Gasteiger partial charge in [-0.15, -0.1) is 0 Å². The van der Waals surface area contributed by atoms with E-state index in [1.165, 1.54) is 12.8 Å². The zero-order chi connectivity index (χ0) is 17.2. The Morgan fingerprint density at radius 2 is 2.04 bits per heavy atom. The Morgan fingerprint density at radius 3 is 2.70 bits per heavy atom. The number of unbranched alkanes of at least 4 members (excludes halogenated alkanes) is 3. The molecule has 23 heavy (non-hydrogen) atoms. The molecule has 0 spiro atoms. The van der Waals surface area contributed by atoms with E-state index < -0.39 is 6.09 Å². The zero-order valence-electron chi connectivity index (χ0n) is 14.4. The van der Waals surface area contributed by atoms with E-state index in [1.54, 1.807) is 18.2 Å². The molecule has 0 aromatic heterocycles. The minimum atomic E-state index is -0.484. The van der Waals surface area contributed by atoms with Crippen LogP contribution in [-0.4, -0.2) is 18.3 Å². The first kappa shape index (κ1) is 19.6. The summed E-state index contributed by atoms with van der Waals surface area (Å²) < 4.78 is 10.9. The molecule has 1 radical (unpaired) electrons. The molecule has 0 bridgehead atoms. The molecule has 0 aliphatic rings. The maximum absolute atomic E-state index is 11.9. The fourth-order valence-corrected chi connectivity index (χ4v) is 2.20. The molecule has 4 nitrogen and oxygen atoms in total. The summed E-state index contributed by atoms with van der Waals surface area (Å²) in [6.45, 7) is 7.86. The average molecular weight is 341 g/mol. The van der Waals surface area contributed by atoms with Crippen LogP contribution in [0, 0.1) is 6.42 Å². The molecule has 1 aromatic carbocycles. The van der Waals surface area contributed by atoms with Crippen LogP contribution in [0.4, 0.5) is 10.5 Å². The molecule has 0 aliphatic heterocycles. The summed E-state index contributed by atoms with van der Waals surface area (Å²) in [5.74, 6) is 0.540. The summed E-state index contributed by atoms with van der Waals surface area (Å²) >= 11 is 6.07. The Bertz CT molecular complexity index is 491. The van der Waals surface area contributed by atoms with Gasteiger partial charge >= 0.3 is 6.09 Å². The summed E-state index contributed by atoms with van der Waals surface area (Å²) in [4.78, 5) is 11.9. The summed E-state index contributed by atoms with van der Waals surface area (Å²) in [7, 11) is 0. The topological polar surface area (TPSA) is 47.6 Å². The fourth-order valence-electron chi connectivity index (χ4n) is 2.04. The van der Waals surface area contributed by atoms with Crippen LogP contribution >= 0.6 is 11.6 Å². The lowest BCUT2D eigenvalue weighted by molar-refractivity contribution is 0.133. The predicted molar refractivity (Wildman–Crippen MR) is 95.2 cm³/mol. The number of hydrogen-bond donors (Lipinski definition) is 1. The molecule has 1 unspecified atom stereocenters. The van der Waals surface area contributed by atoms with Crippen LogP contribution in [-0.2, 0) is 4.74 Å². The van der Waals surface area contributed by atoms with Gasteiger partial charge in [0.05, 0.1) is 11.1 Å². The Kier molecular flexibility index (Phi) is 8.85. The fraction of sp³-hybridized carbons (Fsp3) is 0.556. The largest absolute Gasteiger partial charge is 0.489 e. The Balaban J connectivity index is 2.47. The van der Waals surface area contributed by atoms with E-state index >= 15 is 0 Å². The van der Waals surface area contributed by atoms with Gasteiger partial charge in [-0.1, -0.05) is 37.8 Å². The summed E-state index contributed by atoms with van der Waals surface area (Å²) in [5.41, 5.74) is 0.591. The molecule has 0 heterocycles. The number of carbonyl (C=O) groups is 1. The minimum Gasteiger partial charge on any atom is -0.489 e. The van der Waals surface area contributed by atoms with Crippen LogP contribution in [0.5, 0.6) is 5.75 Å². The quantitative estimate of drug-likeness (QED) is 0.573. The maximum Gasteiger partial charge on any atom is 0.411 e. The number of amides is 1. The minimum absolute atomic E-state index is 0.00689. The van der Waals surface area contributed by atoms with Gasteiger partial charge in [0.15, 0.2) is 0 Å². The van der Waals surface area contributed by atoms with Crippen molar-refractivity contribution >= 4 is 23.4 Å². The first-order chi connectivity index (χ1) is 10.9. The molecule has 1 amide bonds. The van der Waals surface area contributed by atoms with Crippen LogP contribution < -0.4 is 10.1 Å². The van der Waals surface area contributed by atoms with Crippen molar-refractivity contribution in [1.29, 1.82) is 0 Å². The Hall–Kier alpha value is -1.42. The molecule has 129 valence electrons. The van der Waals surface area contributed by atoms with Crippen molar-refractivity contribution in [3.05, 3.63) is 29.6 Å². The van der Waals surface area contributed by atoms with Gasteiger partial charge in [0.25, 0.3) is 0 Å². The molecular weight excluding hydrogens is 314 g/mol. The van der Waals surface area contributed by atoms with Gasteiger partial charge in [0.1, 0.15) is 11.9 Å². The zero-order valence-corrected chi connectivity index (χ0v) is 15.2. The van der Waals surface area contributed by atoms with Crippen molar-refractivity contribution in [1.82, 2.24) is 0 Å². The van der Waals surface area contributed by atoms with Crippen molar-refractivity contribution in [3.8, 4) is 5.75 Å². The Morgan fingerprint density at radius 1 is 1.30 bits per heavy atom. The van der Waals surface area contributed by atoms with Crippen molar-refractivity contribution in [3.63, 3.8) is 0 Å². The van der Waals surface area contributed by atoms with Crippen molar-refractivity contribution in [2.45, 2.75) is 65.6 Å². The number of ether oxygens (including phenoxy) is 2. The summed E-state index contributed by atoms with van der Waals surface area (Å²) in [5, 5.41) is 3.20. The number of rotatable bonds is 9. The van der Waals surface area contributed by atoms with E-state index in [1.807, 2.05) is 27.2 Å². The highest BCUT2D eigenvalue weighted by molar-refractivity contribution is 6.32. The van der Waals surface area contributed by atoms with Crippen LogP contribution in [0.2, 0.25) is 5.02 Å². The molecule has 5 heteroatoms. The molecule has 0 saturated heterocycles. The van der Waals surface area contributed by atoms with E-state index in [4.69, 9.17) is 21.1 Å². The van der Waals surface area contributed by atoms with Gasteiger partial charge in [0.2, 0.25) is 0 Å². The predicted octanol–water partition coefficient (Wildman–Crippen LogP) is 5.85. The van der Waals surface area contributed by atoms with Crippen LogP contribution in [0.25, 0.3) is 0 Å². The normalized spacial score (nSPS) is 12.1. The average Bonchev–Trinajstić information content (AvgIpc) is 2.46. The number of anilines is 1. The maximum atomic E-state index is 11.9. The van der Waals surface area contributed by atoms with E-state index in [2.05, 4.69) is 12.2 Å². The third-order valence-electron chi connectivity index (χ3n) is 3.14. The third-order valence-corrected chi connectivity index (χ3v) is 3.45. The number of carbonyl (C=O) groups excluding carboxylic acids is 1. The highest BCUT2D eigenvalue weighted by Crippen LogP contribution is 2.28. The van der Waals surface area contributed by atoms with Crippen LogP contribution in [0.15, 0.2) is 18.2 Å². The highest BCUT2D eigenvalue weighted by atomic mass is 35.5. The van der Waals surface area contributed by atoms with Crippen molar-refractivity contribution < 1.29 is 14.3 Å². The first-order valence-electron chi connectivity index (χ1n) is 8.19. The second-order valence-corrected chi connectivity index (χ2v) is 6.19. The molecule has 0 saturated carbocycles. The van der Waals surface area contributed by atoms with E-state index in [0.29, 0.717) is 16.5 Å². The van der Waals surface area contributed by atoms with Crippen molar-refractivity contribution in [2.75, 3.05) is 5.32 Å². The van der Waals surface area contributed by atoms with Crippen LogP contribution in [0.3, 0.4) is 0 Å². The Labute approximate surface area is 144 Å². The van der Waals surface area contributed by atoms with Gasteiger partial charge in [-0.05, 0) is 39.3 Å². The summed E-state index contributed by atoms with van der Waals surface area (Å²) in [6, 6.07) is 5.10. The lowest BCUT2D eigenvalue weighted by Crippen LogP contribution is -2.20. The van der Waals surface area contributed by atoms with Gasteiger partial charge in [-0.25, -0.2) is 4.79 Å². The second-order valence-electron chi connectivity index (χ2n) is 5.78. The van der Waals surface area contributed by atoms with Gasteiger partial charge in [-0.2, -0.15) is 0 Å². The lowest BCUT2D eigenvalue weighted by atomic mass is 10.1. The lowest BCUT2D eigenvalue weighted by Gasteiger charge is -2.15. The van der Waals surface area contributed by atoms with Gasteiger partial charge < -0.3 is 9.47 Å². The number of nitrogens with one attached hydrogen (secondary N) is 1. The molecule has 0 fully saturated rings. The SMILES string of the molecule is CCCCC[CH]C(C)OC(=O)Nc1ccc(Cl)c(OC(C)C)c1. The smallest absolute Gasteiger partial charge is 0.411 e. The second kappa shape index (κ2) is 10.4. The first-order valence-corrected chi connectivity index (χ1v) is 8.57. The molecule has 1 rings (SSSR count).